The fraction of sp³-hybridized carbons (Fsp3) is 0.0870. The molecule has 0 fully saturated rings. The highest BCUT2D eigenvalue weighted by atomic mass is 16.4. The Morgan fingerprint density at radius 1 is 1.03 bits per heavy atom. The summed E-state index contributed by atoms with van der Waals surface area (Å²) < 4.78 is 5.69. The quantitative estimate of drug-likeness (QED) is 0.484. The lowest BCUT2D eigenvalue weighted by molar-refractivity contribution is -0.112. The third-order valence-electron chi connectivity index (χ3n) is 4.17. The van der Waals surface area contributed by atoms with E-state index in [1.165, 1.54) is 18.2 Å². The molecular weight excluding hydrogens is 368 g/mol. The van der Waals surface area contributed by atoms with E-state index in [0.717, 1.165) is 11.1 Å². The lowest BCUT2D eigenvalue weighted by Gasteiger charge is -2.06. The topological polar surface area (TPSA) is 103 Å². The number of furan rings is 1. The monoisotopic (exact) mass is 386 g/mol. The van der Waals surface area contributed by atoms with E-state index >= 15 is 0 Å². The summed E-state index contributed by atoms with van der Waals surface area (Å²) in [6.45, 7) is 3.86. The molecule has 6 heteroatoms. The predicted octanol–water partition coefficient (Wildman–Crippen LogP) is 4.81. The number of anilines is 1. The van der Waals surface area contributed by atoms with Gasteiger partial charge < -0.3 is 14.8 Å². The third kappa shape index (κ3) is 4.79. The maximum Gasteiger partial charge on any atom is 0.335 e. The largest absolute Gasteiger partial charge is 0.478 e. The van der Waals surface area contributed by atoms with Gasteiger partial charge in [-0.05, 0) is 61.4 Å². The minimum Gasteiger partial charge on any atom is -0.478 e. The summed E-state index contributed by atoms with van der Waals surface area (Å²) in [7, 11) is 0. The summed E-state index contributed by atoms with van der Waals surface area (Å²) in [4.78, 5) is 23.4. The number of aryl methyl sites for hydroxylation is 2. The lowest BCUT2D eigenvalue weighted by Crippen LogP contribution is -2.13. The molecule has 0 radical (unpaired) electrons. The normalized spacial score (nSPS) is 11.0. The number of hydrogen-bond acceptors (Lipinski definition) is 4. The molecule has 144 valence electrons. The molecule has 3 rings (SSSR count). The van der Waals surface area contributed by atoms with Gasteiger partial charge >= 0.3 is 5.97 Å². The van der Waals surface area contributed by atoms with Crippen molar-refractivity contribution in [2.45, 2.75) is 13.8 Å². The van der Waals surface area contributed by atoms with Crippen molar-refractivity contribution in [2.75, 3.05) is 5.32 Å². The van der Waals surface area contributed by atoms with Crippen molar-refractivity contribution < 1.29 is 19.1 Å². The van der Waals surface area contributed by atoms with E-state index in [1.807, 2.05) is 38.1 Å². The van der Waals surface area contributed by atoms with Crippen molar-refractivity contribution >= 4 is 23.6 Å². The van der Waals surface area contributed by atoms with E-state index in [-0.39, 0.29) is 11.1 Å². The van der Waals surface area contributed by atoms with E-state index in [4.69, 9.17) is 9.52 Å². The fourth-order valence-corrected chi connectivity index (χ4v) is 2.90. The van der Waals surface area contributed by atoms with Crippen LogP contribution in [0, 0.1) is 25.2 Å². The smallest absolute Gasteiger partial charge is 0.335 e. The van der Waals surface area contributed by atoms with Gasteiger partial charge in [0.05, 0.1) is 5.56 Å². The van der Waals surface area contributed by atoms with E-state index < -0.39 is 11.9 Å². The molecule has 2 N–H and O–H groups in total. The van der Waals surface area contributed by atoms with Crippen LogP contribution in [-0.4, -0.2) is 17.0 Å². The van der Waals surface area contributed by atoms with Crippen LogP contribution in [0.2, 0.25) is 0 Å². The highest BCUT2D eigenvalue weighted by Crippen LogP contribution is 2.24. The first kappa shape index (κ1) is 19.6. The van der Waals surface area contributed by atoms with E-state index in [1.54, 1.807) is 24.3 Å². The zero-order valence-electron chi connectivity index (χ0n) is 15.9. The van der Waals surface area contributed by atoms with Gasteiger partial charge in [-0.1, -0.05) is 18.2 Å². The Morgan fingerprint density at radius 3 is 2.28 bits per heavy atom. The van der Waals surface area contributed by atoms with Crippen LogP contribution in [0.4, 0.5) is 5.69 Å². The molecule has 0 atom stereocenters. The maximum atomic E-state index is 12.4. The Labute approximate surface area is 167 Å². The van der Waals surface area contributed by atoms with Crippen LogP contribution in [0.25, 0.3) is 17.4 Å². The number of amides is 1. The summed E-state index contributed by atoms with van der Waals surface area (Å²) in [5, 5.41) is 21.1. The first-order chi connectivity index (χ1) is 13.9. The number of nitrogens with zero attached hydrogens (tertiary/aromatic N) is 1. The first-order valence-electron chi connectivity index (χ1n) is 8.81. The molecule has 3 aromatic rings. The van der Waals surface area contributed by atoms with Gasteiger partial charge in [-0.15, -0.1) is 0 Å². The Kier molecular flexibility index (Phi) is 5.61. The molecule has 6 nitrogen and oxygen atoms in total. The van der Waals surface area contributed by atoms with Gasteiger partial charge in [0.15, 0.2) is 0 Å². The number of rotatable bonds is 5. The van der Waals surface area contributed by atoms with Gasteiger partial charge in [-0.2, -0.15) is 5.26 Å². The van der Waals surface area contributed by atoms with Crippen molar-refractivity contribution in [2.24, 2.45) is 0 Å². The molecule has 0 aliphatic heterocycles. The van der Waals surface area contributed by atoms with Crippen LogP contribution < -0.4 is 5.32 Å². The van der Waals surface area contributed by atoms with Crippen molar-refractivity contribution in [1.29, 1.82) is 5.26 Å². The van der Waals surface area contributed by atoms with Crippen LogP contribution >= 0.6 is 0 Å². The molecule has 1 heterocycles. The summed E-state index contributed by atoms with van der Waals surface area (Å²) in [6, 6.07) is 17.1. The van der Waals surface area contributed by atoms with Gasteiger partial charge in [0.25, 0.3) is 5.91 Å². The van der Waals surface area contributed by atoms with E-state index in [9.17, 15) is 14.9 Å². The molecule has 0 aliphatic carbocycles. The average molecular weight is 386 g/mol. The second-order valence-electron chi connectivity index (χ2n) is 6.58. The fourth-order valence-electron chi connectivity index (χ4n) is 2.90. The van der Waals surface area contributed by atoms with Crippen LogP contribution in [0.1, 0.15) is 27.2 Å². The highest BCUT2D eigenvalue weighted by molar-refractivity contribution is 6.09. The number of hydrogen-bond donors (Lipinski definition) is 2. The van der Waals surface area contributed by atoms with Gasteiger partial charge in [0, 0.05) is 17.3 Å². The average Bonchev–Trinajstić information content (AvgIpc) is 3.14. The summed E-state index contributed by atoms with van der Waals surface area (Å²) in [5.74, 6) is -0.691. The van der Waals surface area contributed by atoms with Crippen LogP contribution in [0.5, 0.6) is 0 Å². The molecule has 0 spiro atoms. The van der Waals surface area contributed by atoms with Crippen LogP contribution in [0.3, 0.4) is 0 Å². The number of carbonyl (C=O) groups is 2. The first-order valence-corrected chi connectivity index (χ1v) is 8.81. The third-order valence-corrected chi connectivity index (χ3v) is 4.17. The molecule has 1 aromatic heterocycles. The van der Waals surface area contributed by atoms with Gasteiger partial charge in [0.2, 0.25) is 0 Å². The van der Waals surface area contributed by atoms with Crippen LogP contribution in [-0.2, 0) is 4.79 Å². The number of nitrogens with one attached hydrogen (secondary N) is 1. The molecule has 0 unspecified atom stereocenters. The zero-order valence-corrected chi connectivity index (χ0v) is 15.9. The Balaban J connectivity index is 1.80. The standard InChI is InChI=1S/C23H18N2O4/c1-14-9-15(2)11-19(10-14)25-22(26)18(13-24)12-20-7-8-21(29-20)16-3-5-17(6-4-16)23(27)28/h3-12H,1-2H3,(H,25,26)(H,27,28). The lowest BCUT2D eigenvalue weighted by atomic mass is 10.1. The van der Waals surface area contributed by atoms with E-state index in [2.05, 4.69) is 5.32 Å². The number of carboxylic acids is 1. The summed E-state index contributed by atoms with van der Waals surface area (Å²) in [6.07, 6.45) is 1.37. The van der Waals surface area contributed by atoms with Gasteiger partial charge in [-0.3, -0.25) is 4.79 Å². The maximum absolute atomic E-state index is 12.4. The summed E-state index contributed by atoms with van der Waals surface area (Å²) >= 11 is 0. The molecule has 0 aliphatic rings. The minimum absolute atomic E-state index is 0.0914. The Hall–Kier alpha value is -4.11. The number of carboxylic acid groups (broad SMARTS) is 1. The van der Waals surface area contributed by atoms with Crippen molar-refractivity contribution in [1.82, 2.24) is 0 Å². The molecule has 2 aromatic carbocycles. The van der Waals surface area contributed by atoms with Crippen molar-refractivity contribution in [3.63, 3.8) is 0 Å². The van der Waals surface area contributed by atoms with E-state index in [0.29, 0.717) is 22.8 Å². The molecule has 0 saturated heterocycles. The number of benzene rings is 2. The molecule has 29 heavy (non-hydrogen) atoms. The molecular formula is C23H18N2O4. The molecule has 0 saturated carbocycles. The molecule has 0 bridgehead atoms. The Bertz CT molecular complexity index is 1130. The zero-order chi connectivity index (χ0) is 21.0. The second-order valence-corrected chi connectivity index (χ2v) is 6.58. The minimum atomic E-state index is -1.01. The number of aromatic carboxylic acids is 1. The van der Waals surface area contributed by atoms with Crippen molar-refractivity contribution in [3.05, 3.63) is 82.6 Å². The van der Waals surface area contributed by atoms with Gasteiger partial charge in [-0.25, -0.2) is 4.79 Å². The predicted molar refractivity (Wildman–Crippen MR) is 109 cm³/mol. The number of carbonyl (C=O) groups excluding carboxylic acids is 1. The Morgan fingerprint density at radius 2 is 1.69 bits per heavy atom. The molecule has 1 amide bonds. The summed E-state index contributed by atoms with van der Waals surface area (Å²) in [5.41, 5.74) is 3.40. The number of nitriles is 1. The highest BCUT2D eigenvalue weighted by Gasteiger charge is 2.12. The van der Waals surface area contributed by atoms with Crippen molar-refractivity contribution in [3.8, 4) is 17.4 Å². The van der Waals surface area contributed by atoms with Crippen LogP contribution in [0.15, 0.2) is 64.6 Å². The SMILES string of the molecule is Cc1cc(C)cc(NC(=O)C(C#N)=Cc2ccc(-c3ccc(C(=O)O)cc3)o2)c1. The van der Waals surface area contributed by atoms with Gasteiger partial charge in [0.1, 0.15) is 23.2 Å². The second kappa shape index (κ2) is 8.28.